The second-order valence-corrected chi connectivity index (χ2v) is 7.76. The molecule has 1 aliphatic heterocycles. The predicted octanol–water partition coefficient (Wildman–Crippen LogP) is 6.07. The van der Waals surface area contributed by atoms with Crippen LogP contribution in [0.15, 0.2) is 94.7 Å². The van der Waals surface area contributed by atoms with Gasteiger partial charge in [0.05, 0.1) is 6.61 Å². The van der Waals surface area contributed by atoms with Gasteiger partial charge in [-0.1, -0.05) is 66.4 Å². The van der Waals surface area contributed by atoms with Crippen LogP contribution in [-0.2, 0) is 9.09 Å². The number of hydrogen-bond donors (Lipinski definition) is 0. The Hall–Kier alpha value is -2.26. The second kappa shape index (κ2) is 7.96. The van der Waals surface area contributed by atoms with Crippen LogP contribution < -0.4 is 4.52 Å². The lowest BCUT2D eigenvalue weighted by atomic mass is 9.97. The summed E-state index contributed by atoms with van der Waals surface area (Å²) in [5.41, 5.74) is 3.44. The van der Waals surface area contributed by atoms with Crippen molar-refractivity contribution in [1.29, 1.82) is 0 Å². The molecule has 0 aromatic heterocycles. The smallest absolute Gasteiger partial charge is 0.368 e. The van der Waals surface area contributed by atoms with Crippen LogP contribution in [0.3, 0.4) is 0 Å². The first-order chi connectivity index (χ1) is 12.8. The zero-order valence-electron chi connectivity index (χ0n) is 13.9. The van der Waals surface area contributed by atoms with E-state index in [-0.39, 0.29) is 6.61 Å². The molecule has 26 heavy (non-hydrogen) atoms. The van der Waals surface area contributed by atoms with Gasteiger partial charge in [-0.05, 0) is 47.0 Å². The summed E-state index contributed by atoms with van der Waals surface area (Å²) >= 11 is 1.77. The molecule has 3 aromatic rings. The highest BCUT2D eigenvalue weighted by Crippen LogP contribution is 2.45. The Bertz CT molecular complexity index is 922. The molecule has 1 heterocycles. The van der Waals surface area contributed by atoms with E-state index in [1.54, 1.807) is 23.9 Å². The van der Waals surface area contributed by atoms with Crippen molar-refractivity contribution in [3.05, 3.63) is 96.1 Å². The topological polar surface area (TPSA) is 35.5 Å². The van der Waals surface area contributed by atoms with Gasteiger partial charge < -0.3 is 4.52 Å². The lowest BCUT2D eigenvalue weighted by molar-refractivity contribution is 0.317. The normalized spacial score (nSPS) is 13.5. The minimum atomic E-state index is -2.60. The molecule has 0 bridgehead atoms. The minimum Gasteiger partial charge on any atom is -0.426 e. The van der Waals surface area contributed by atoms with Gasteiger partial charge in [0.15, 0.2) is 0 Å². The summed E-state index contributed by atoms with van der Waals surface area (Å²) in [7, 11) is -2.60. The molecule has 1 unspecified atom stereocenters. The fourth-order valence-corrected chi connectivity index (χ4v) is 4.56. The molecule has 0 fully saturated rings. The van der Waals surface area contributed by atoms with E-state index < -0.39 is 8.25 Å². The Morgan fingerprint density at radius 1 is 0.808 bits per heavy atom. The first kappa shape index (κ1) is 17.2. The number of rotatable bonds is 5. The molecule has 0 N–H and O–H groups in total. The Morgan fingerprint density at radius 2 is 1.38 bits per heavy atom. The molecule has 0 spiro atoms. The summed E-state index contributed by atoms with van der Waals surface area (Å²) in [6.45, 7) is 0.229. The molecule has 130 valence electrons. The van der Waals surface area contributed by atoms with Gasteiger partial charge in [-0.15, -0.1) is 0 Å². The number of fused-ring (bicyclic) bond motifs is 2. The van der Waals surface area contributed by atoms with Crippen molar-refractivity contribution >= 4 is 25.6 Å². The largest absolute Gasteiger partial charge is 0.426 e. The van der Waals surface area contributed by atoms with Crippen molar-refractivity contribution in [2.45, 2.75) is 9.79 Å². The Morgan fingerprint density at radius 3 is 2.04 bits per heavy atom. The zero-order valence-corrected chi connectivity index (χ0v) is 15.7. The second-order valence-electron chi connectivity index (χ2n) is 5.69. The highest BCUT2D eigenvalue weighted by atomic mass is 32.2. The fraction of sp³-hybridized carbons (Fsp3) is 0.0476. The van der Waals surface area contributed by atoms with Crippen LogP contribution >= 0.6 is 20.0 Å². The van der Waals surface area contributed by atoms with Crippen molar-refractivity contribution in [1.82, 2.24) is 0 Å². The predicted molar refractivity (Wildman–Crippen MR) is 106 cm³/mol. The maximum absolute atomic E-state index is 12.1. The van der Waals surface area contributed by atoms with Crippen LogP contribution in [0.1, 0.15) is 11.1 Å². The number of hydrogen-bond acceptors (Lipinski definition) is 4. The lowest BCUT2D eigenvalue weighted by Crippen LogP contribution is -2.00. The fourth-order valence-electron chi connectivity index (χ4n) is 2.85. The summed E-state index contributed by atoms with van der Waals surface area (Å²) in [6.07, 6.45) is 1.98. The average Bonchev–Trinajstić information content (AvgIpc) is 2.68. The highest BCUT2D eigenvalue weighted by Gasteiger charge is 2.19. The Balaban J connectivity index is 1.53. The maximum Gasteiger partial charge on any atom is 0.368 e. The third kappa shape index (κ3) is 3.78. The highest BCUT2D eigenvalue weighted by molar-refractivity contribution is 7.99. The van der Waals surface area contributed by atoms with Crippen LogP contribution in [0.4, 0.5) is 0 Å². The molecule has 3 nitrogen and oxygen atoms in total. The average molecular weight is 380 g/mol. The van der Waals surface area contributed by atoms with Gasteiger partial charge in [-0.2, -0.15) is 0 Å². The van der Waals surface area contributed by atoms with Crippen LogP contribution in [0.5, 0.6) is 5.75 Å². The van der Waals surface area contributed by atoms with Crippen LogP contribution in [0.25, 0.3) is 5.57 Å². The van der Waals surface area contributed by atoms with Crippen molar-refractivity contribution < 1.29 is 13.6 Å². The molecule has 0 saturated heterocycles. The van der Waals surface area contributed by atoms with Gasteiger partial charge >= 0.3 is 8.25 Å². The summed E-state index contributed by atoms with van der Waals surface area (Å²) in [6, 6.07) is 25.7. The van der Waals surface area contributed by atoms with Crippen LogP contribution in [0, 0.1) is 0 Å². The maximum atomic E-state index is 12.1. The molecule has 0 radical (unpaired) electrons. The Labute approximate surface area is 157 Å². The third-order valence-electron chi connectivity index (χ3n) is 4.01. The quantitative estimate of drug-likeness (QED) is 0.394. The van der Waals surface area contributed by atoms with E-state index in [1.165, 1.54) is 20.9 Å². The molecule has 0 saturated carbocycles. The summed E-state index contributed by atoms with van der Waals surface area (Å²) < 4.78 is 22.8. The minimum absolute atomic E-state index is 0.229. The molecule has 5 heteroatoms. The van der Waals surface area contributed by atoms with E-state index >= 15 is 0 Å². The summed E-state index contributed by atoms with van der Waals surface area (Å²) in [4.78, 5) is 2.43. The first-order valence-electron chi connectivity index (χ1n) is 8.28. The van der Waals surface area contributed by atoms with E-state index in [2.05, 4.69) is 24.3 Å². The standard InChI is InChI=1S/C21H17O3PS/c22-25(24-16-8-2-1-3-9-16)23-15-14-17-18-10-4-6-12-20(18)26-21-13-7-5-11-19(17)21/h1-14,25H,15H2. The van der Waals surface area contributed by atoms with Gasteiger partial charge in [0.2, 0.25) is 0 Å². The number of benzene rings is 3. The molecule has 0 aliphatic carbocycles. The van der Waals surface area contributed by atoms with E-state index in [0.29, 0.717) is 5.75 Å². The van der Waals surface area contributed by atoms with E-state index in [1.807, 2.05) is 48.5 Å². The Kier molecular flexibility index (Phi) is 5.26. The van der Waals surface area contributed by atoms with Gasteiger partial charge in [0, 0.05) is 9.79 Å². The van der Waals surface area contributed by atoms with E-state index in [0.717, 1.165) is 5.57 Å². The molecule has 0 amide bonds. The molecule has 1 atom stereocenters. The molecule has 4 rings (SSSR count). The van der Waals surface area contributed by atoms with Gasteiger partial charge in [0.25, 0.3) is 0 Å². The molecule has 3 aromatic carbocycles. The van der Waals surface area contributed by atoms with Crippen molar-refractivity contribution in [3.8, 4) is 5.75 Å². The van der Waals surface area contributed by atoms with E-state index in [9.17, 15) is 4.57 Å². The van der Waals surface area contributed by atoms with Crippen molar-refractivity contribution in [2.24, 2.45) is 0 Å². The van der Waals surface area contributed by atoms with E-state index in [4.69, 9.17) is 9.05 Å². The first-order valence-corrected chi connectivity index (χ1v) is 10.3. The van der Waals surface area contributed by atoms with Crippen LogP contribution in [-0.4, -0.2) is 6.61 Å². The monoisotopic (exact) mass is 380 g/mol. The molecular formula is C21H17O3PS. The third-order valence-corrected chi connectivity index (χ3v) is 5.96. The summed E-state index contributed by atoms with van der Waals surface area (Å²) in [5, 5.41) is 0. The van der Waals surface area contributed by atoms with Gasteiger partial charge in [-0.3, -0.25) is 4.52 Å². The van der Waals surface area contributed by atoms with Gasteiger partial charge in [-0.25, -0.2) is 4.57 Å². The molecular weight excluding hydrogens is 363 g/mol. The number of para-hydroxylation sites is 1. The SMILES string of the molecule is O=[PH](OCC=C1c2ccccc2Sc2ccccc21)Oc1ccccc1. The zero-order chi connectivity index (χ0) is 17.8. The van der Waals surface area contributed by atoms with Crippen molar-refractivity contribution in [2.75, 3.05) is 6.61 Å². The lowest BCUT2D eigenvalue weighted by Gasteiger charge is -2.21. The summed E-state index contributed by atoms with van der Waals surface area (Å²) in [5.74, 6) is 0.550. The van der Waals surface area contributed by atoms with Crippen molar-refractivity contribution in [3.63, 3.8) is 0 Å². The van der Waals surface area contributed by atoms with Gasteiger partial charge in [0.1, 0.15) is 5.75 Å². The van der Waals surface area contributed by atoms with Crippen LogP contribution in [0.2, 0.25) is 0 Å². The molecule has 1 aliphatic rings.